The highest BCUT2D eigenvalue weighted by Crippen LogP contribution is 2.45. The van der Waals surface area contributed by atoms with E-state index in [0.717, 1.165) is 117 Å². The Balaban J connectivity index is 0.849. The van der Waals surface area contributed by atoms with Gasteiger partial charge in [0.05, 0.1) is 55.9 Å². The Morgan fingerprint density at radius 1 is 0.321 bits per heavy atom. The Kier molecular flexibility index (Phi) is 9.09. The highest BCUT2D eigenvalue weighted by molar-refractivity contribution is 6.98. The predicted molar refractivity (Wildman–Crippen MR) is 319 cm³/mol. The van der Waals surface area contributed by atoms with Gasteiger partial charge in [0.15, 0.2) is 5.82 Å². The quantitative estimate of drug-likeness (QED) is 0.156. The molecule has 6 heterocycles. The maximum Gasteiger partial charge on any atom is 0.260 e. The molecule has 0 unspecified atom stereocenters. The van der Waals surface area contributed by atoms with Gasteiger partial charge in [0, 0.05) is 72.3 Å². The van der Waals surface area contributed by atoms with Crippen molar-refractivity contribution in [2.24, 2.45) is 0 Å². The lowest BCUT2D eigenvalue weighted by atomic mass is 9.35. The summed E-state index contributed by atoms with van der Waals surface area (Å²) in [6.07, 6.45) is 0. The second-order valence-electron chi connectivity index (χ2n) is 20.4. The summed E-state index contributed by atoms with van der Waals surface area (Å²) in [5.74, 6) is 3.97. The molecule has 2 aliphatic heterocycles. The number of aromatic nitrogens is 5. The van der Waals surface area contributed by atoms with Gasteiger partial charge in [0.25, 0.3) is 6.71 Å². The number of benzene rings is 11. The summed E-state index contributed by atoms with van der Waals surface area (Å²) in [5.41, 5.74) is 17.7. The first-order valence-corrected chi connectivity index (χ1v) is 26.5. The van der Waals surface area contributed by atoms with Gasteiger partial charge in [0.1, 0.15) is 23.0 Å². The highest BCUT2D eigenvalue weighted by atomic mass is 16.5. The van der Waals surface area contributed by atoms with Crippen LogP contribution < -0.4 is 25.9 Å². The molecule has 2 aliphatic rings. The van der Waals surface area contributed by atoms with E-state index in [1.54, 1.807) is 0 Å². The molecule has 0 fully saturated rings. The van der Waals surface area contributed by atoms with E-state index < -0.39 is 0 Å². The number of ether oxygens (including phenoxy) is 2. The van der Waals surface area contributed by atoms with Gasteiger partial charge in [-0.05, 0) is 95.9 Å². The van der Waals surface area contributed by atoms with Crippen LogP contribution in [0.25, 0.3) is 116 Å². The Morgan fingerprint density at radius 3 is 1.49 bits per heavy atom. The molecule has 0 bridgehead atoms. The van der Waals surface area contributed by atoms with Crippen LogP contribution in [0.15, 0.2) is 255 Å². The molecular weight excluding hydrogens is 954 g/mol. The number of hydrogen-bond acceptors (Lipinski definition) is 4. The average molecular weight is 996 g/mol. The van der Waals surface area contributed by atoms with Crippen molar-refractivity contribution in [2.45, 2.75) is 0 Å². The standard InChI is InChI=1S/C70H42BN5O2/c1-3-19-43(20-4-1)54-42-55(44-35-36-60-51(39-44)47-23-7-13-29-56(47)75(60)46-40-65-69-66(41-46)78-64-34-18-12-28-53(64)71(69)52-27-11-17-33-63(52)77-65)73-70(72-54)50-26-10-16-32-59(50)76-58-31-15-9-25-49(58)68-62(76)38-37-61-67(68)48-24-8-14-30-57(48)74(61)45-21-5-2-6-22-45/h1-42H. The van der Waals surface area contributed by atoms with Crippen LogP contribution in [0.1, 0.15) is 0 Å². The summed E-state index contributed by atoms with van der Waals surface area (Å²) in [4.78, 5) is 11.0. The normalized spacial score (nSPS) is 12.5. The van der Waals surface area contributed by atoms with Gasteiger partial charge in [-0.1, -0.05) is 158 Å². The molecule has 17 rings (SSSR count). The van der Waals surface area contributed by atoms with E-state index in [9.17, 15) is 0 Å². The molecule has 0 atom stereocenters. The molecule has 7 nitrogen and oxygen atoms in total. The van der Waals surface area contributed by atoms with Crippen LogP contribution in [0.4, 0.5) is 0 Å². The predicted octanol–water partition coefficient (Wildman–Crippen LogP) is 15.5. The van der Waals surface area contributed by atoms with E-state index >= 15 is 0 Å². The topological polar surface area (TPSA) is 59.0 Å². The molecule has 0 saturated carbocycles. The van der Waals surface area contributed by atoms with E-state index in [-0.39, 0.29) is 6.71 Å². The third-order valence-electron chi connectivity index (χ3n) is 16.2. The van der Waals surface area contributed by atoms with E-state index in [4.69, 9.17) is 19.4 Å². The average Bonchev–Trinajstić information content (AvgIpc) is 4.24. The molecule has 0 spiro atoms. The summed E-state index contributed by atoms with van der Waals surface area (Å²) in [7, 11) is 0. The highest BCUT2D eigenvalue weighted by Gasteiger charge is 2.40. The summed E-state index contributed by atoms with van der Waals surface area (Å²) >= 11 is 0. The lowest BCUT2D eigenvalue weighted by molar-refractivity contribution is 0.464. The second kappa shape index (κ2) is 16.5. The van der Waals surface area contributed by atoms with E-state index in [0.29, 0.717) is 5.82 Å². The first-order valence-electron chi connectivity index (χ1n) is 26.5. The summed E-state index contributed by atoms with van der Waals surface area (Å²) in [6.45, 7) is -0.00223. The van der Waals surface area contributed by atoms with Crippen molar-refractivity contribution >= 4 is 88.5 Å². The van der Waals surface area contributed by atoms with Crippen LogP contribution in [0, 0.1) is 0 Å². The molecule has 11 aromatic carbocycles. The first kappa shape index (κ1) is 42.9. The Morgan fingerprint density at radius 2 is 0.808 bits per heavy atom. The van der Waals surface area contributed by atoms with Crippen LogP contribution in [0.2, 0.25) is 0 Å². The lowest BCUT2D eigenvalue weighted by Gasteiger charge is -2.33. The Bertz CT molecular complexity index is 4930. The van der Waals surface area contributed by atoms with Crippen molar-refractivity contribution in [2.75, 3.05) is 0 Å². The first-order chi connectivity index (χ1) is 38.7. The maximum absolute atomic E-state index is 6.79. The van der Waals surface area contributed by atoms with Gasteiger partial charge >= 0.3 is 0 Å². The van der Waals surface area contributed by atoms with Gasteiger partial charge in [0.2, 0.25) is 0 Å². The third kappa shape index (κ3) is 6.22. The fourth-order valence-electron chi connectivity index (χ4n) is 12.9. The summed E-state index contributed by atoms with van der Waals surface area (Å²) in [5, 5.41) is 7.08. The number of fused-ring (bicyclic) bond motifs is 14. The molecule has 8 heteroatoms. The molecule has 4 aromatic heterocycles. The SMILES string of the molecule is c1ccc(-c2cc(-c3ccc4c(c3)c3ccccc3n4-c3cc4c5c(c3)Oc3ccccc3B5c3ccccc3O4)nc(-c3ccccc3-n3c4ccccc4c4c5c6ccccc6n(-c6ccccc6)c5ccc43)n2)cc1. The van der Waals surface area contributed by atoms with Crippen molar-refractivity contribution in [3.8, 4) is 74.0 Å². The fourth-order valence-corrected chi connectivity index (χ4v) is 12.9. The van der Waals surface area contributed by atoms with Crippen molar-refractivity contribution in [3.05, 3.63) is 255 Å². The van der Waals surface area contributed by atoms with Gasteiger partial charge in [-0.15, -0.1) is 0 Å². The smallest absolute Gasteiger partial charge is 0.260 e. The minimum atomic E-state index is -0.00223. The summed E-state index contributed by atoms with van der Waals surface area (Å²) < 4.78 is 20.7. The van der Waals surface area contributed by atoms with Crippen LogP contribution in [-0.4, -0.2) is 30.4 Å². The number of nitrogens with zero attached hydrogens (tertiary/aromatic N) is 5. The Labute approximate surface area is 448 Å². The zero-order chi connectivity index (χ0) is 51.0. The van der Waals surface area contributed by atoms with Crippen LogP contribution >= 0.6 is 0 Å². The van der Waals surface area contributed by atoms with Crippen LogP contribution in [0.3, 0.4) is 0 Å². The largest absolute Gasteiger partial charge is 0.458 e. The third-order valence-corrected chi connectivity index (χ3v) is 16.2. The van der Waals surface area contributed by atoms with Gasteiger partial charge < -0.3 is 23.2 Å². The fraction of sp³-hybridized carbons (Fsp3) is 0. The maximum atomic E-state index is 6.79. The van der Waals surface area contributed by atoms with E-state index in [1.807, 2.05) is 18.2 Å². The number of rotatable bonds is 6. The van der Waals surface area contributed by atoms with E-state index in [2.05, 4.69) is 250 Å². The molecule has 0 aliphatic carbocycles. The summed E-state index contributed by atoms with van der Waals surface area (Å²) in [6, 6.07) is 90.5. The minimum Gasteiger partial charge on any atom is -0.458 e. The molecular formula is C70H42BN5O2. The van der Waals surface area contributed by atoms with Crippen LogP contribution in [-0.2, 0) is 0 Å². The van der Waals surface area contributed by atoms with E-state index in [1.165, 1.54) is 32.6 Å². The van der Waals surface area contributed by atoms with Crippen molar-refractivity contribution in [3.63, 3.8) is 0 Å². The van der Waals surface area contributed by atoms with Gasteiger partial charge in [-0.25, -0.2) is 9.97 Å². The number of para-hydroxylation sites is 7. The van der Waals surface area contributed by atoms with Crippen molar-refractivity contribution < 1.29 is 9.47 Å². The lowest BCUT2D eigenvalue weighted by Crippen LogP contribution is -2.57. The zero-order valence-corrected chi connectivity index (χ0v) is 41.9. The van der Waals surface area contributed by atoms with Gasteiger partial charge in [-0.3, -0.25) is 0 Å². The molecule has 0 amide bonds. The molecule has 362 valence electrons. The molecule has 78 heavy (non-hydrogen) atoms. The van der Waals surface area contributed by atoms with Gasteiger partial charge in [-0.2, -0.15) is 0 Å². The van der Waals surface area contributed by atoms with Crippen molar-refractivity contribution in [1.82, 2.24) is 23.7 Å². The molecule has 0 saturated heterocycles. The number of hydrogen-bond donors (Lipinski definition) is 0. The minimum absolute atomic E-state index is 0.00223. The monoisotopic (exact) mass is 995 g/mol. The second-order valence-corrected chi connectivity index (χ2v) is 20.4. The van der Waals surface area contributed by atoms with Crippen molar-refractivity contribution in [1.29, 1.82) is 0 Å². The Hall–Kier alpha value is -10.4. The molecule has 15 aromatic rings. The zero-order valence-electron chi connectivity index (χ0n) is 41.9. The van der Waals surface area contributed by atoms with Crippen LogP contribution in [0.5, 0.6) is 23.0 Å². The molecule has 0 N–H and O–H groups in total. The molecule has 0 radical (unpaired) electrons.